The highest BCUT2D eigenvalue weighted by Gasteiger charge is 2.40. The van der Waals surface area contributed by atoms with Gasteiger partial charge in [0.2, 0.25) is 17.4 Å². The van der Waals surface area contributed by atoms with E-state index < -0.39 is 24.4 Å². The van der Waals surface area contributed by atoms with E-state index in [9.17, 15) is 19.2 Å². The molecule has 3 rings (SSSR count). The SMILES string of the molecule is CC(=O)N1C2=CCC(=O)C(OC(=O)N(C)CC(=O)O)=C2OC2=C1C=CCC2C. The summed E-state index contributed by atoms with van der Waals surface area (Å²) in [6, 6.07) is 0. The molecule has 9 heteroatoms. The van der Waals surface area contributed by atoms with Gasteiger partial charge in [-0.25, -0.2) is 4.79 Å². The number of aliphatic carboxylic acids is 1. The highest BCUT2D eigenvalue weighted by atomic mass is 16.6. The zero-order chi connectivity index (χ0) is 20.6. The summed E-state index contributed by atoms with van der Waals surface area (Å²) in [5.41, 5.74) is 0.914. The van der Waals surface area contributed by atoms with Crippen molar-refractivity contribution in [2.75, 3.05) is 13.6 Å². The normalized spacial score (nSPS) is 20.8. The minimum Gasteiger partial charge on any atom is -0.480 e. The quantitative estimate of drug-likeness (QED) is 0.785. The van der Waals surface area contributed by atoms with E-state index in [0.29, 0.717) is 23.6 Å². The number of carboxylic acids is 1. The number of carbonyl (C=O) groups is 4. The summed E-state index contributed by atoms with van der Waals surface area (Å²) >= 11 is 0. The summed E-state index contributed by atoms with van der Waals surface area (Å²) in [5.74, 6) is -1.87. The third-order valence-electron chi connectivity index (χ3n) is 4.52. The van der Waals surface area contributed by atoms with Crippen LogP contribution in [0.5, 0.6) is 0 Å². The summed E-state index contributed by atoms with van der Waals surface area (Å²) in [7, 11) is 1.24. The fourth-order valence-electron chi connectivity index (χ4n) is 3.19. The van der Waals surface area contributed by atoms with Crippen LogP contribution in [-0.2, 0) is 23.9 Å². The van der Waals surface area contributed by atoms with Crippen LogP contribution in [0.4, 0.5) is 4.79 Å². The van der Waals surface area contributed by atoms with Gasteiger partial charge in [-0.05, 0) is 18.6 Å². The van der Waals surface area contributed by atoms with Crippen LogP contribution >= 0.6 is 0 Å². The molecule has 0 aromatic heterocycles. The zero-order valence-electron chi connectivity index (χ0n) is 15.7. The molecule has 148 valence electrons. The number of Topliss-reactive ketones (excluding diaryl/α,β-unsaturated/α-hetero) is 1. The Morgan fingerprint density at radius 3 is 2.75 bits per heavy atom. The highest BCUT2D eigenvalue weighted by molar-refractivity contribution is 5.99. The number of nitrogens with zero attached hydrogens (tertiary/aromatic N) is 2. The topological polar surface area (TPSA) is 113 Å². The van der Waals surface area contributed by atoms with E-state index in [0.717, 1.165) is 4.90 Å². The van der Waals surface area contributed by atoms with Crippen LogP contribution in [0.1, 0.15) is 26.7 Å². The number of rotatable bonds is 3. The summed E-state index contributed by atoms with van der Waals surface area (Å²) in [5, 5.41) is 8.81. The highest BCUT2D eigenvalue weighted by Crippen LogP contribution is 2.42. The predicted octanol–water partition coefficient (Wildman–Crippen LogP) is 1.89. The van der Waals surface area contributed by atoms with Crippen LogP contribution in [-0.4, -0.2) is 52.3 Å². The van der Waals surface area contributed by atoms with E-state index in [4.69, 9.17) is 14.6 Å². The first-order valence-corrected chi connectivity index (χ1v) is 8.72. The second kappa shape index (κ2) is 7.34. The maximum absolute atomic E-state index is 12.4. The maximum atomic E-state index is 12.4. The van der Waals surface area contributed by atoms with Gasteiger partial charge in [0, 0.05) is 26.3 Å². The number of allylic oxidation sites excluding steroid dienone is 5. The van der Waals surface area contributed by atoms with Crippen molar-refractivity contribution in [3.63, 3.8) is 0 Å². The van der Waals surface area contributed by atoms with E-state index in [-0.39, 0.29) is 29.8 Å². The fourth-order valence-corrected chi connectivity index (χ4v) is 3.19. The molecular formula is C19H20N2O7. The maximum Gasteiger partial charge on any atom is 0.415 e. The van der Waals surface area contributed by atoms with E-state index in [1.165, 1.54) is 18.9 Å². The zero-order valence-corrected chi connectivity index (χ0v) is 15.7. The molecule has 0 fully saturated rings. The van der Waals surface area contributed by atoms with Gasteiger partial charge < -0.3 is 14.6 Å². The first-order valence-electron chi connectivity index (χ1n) is 8.72. The Morgan fingerprint density at radius 2 is 2.11 bits per heavy atom. The molecule has 1 heterocycles. The molecule has 0 aromatic carbocycles. The molecule has 3 aliphatic rings. The summed E-state index contributed by atoms with van der Waals surface area (Å²) in [4.78, 5) is 50.0. The van der Waals surface area contributed by atoms with E-state index in [1.807, 2.05) is 13.0 Å². The Bertz CT molecular complexity index is 894. The molecule has 1 N–H and O–H groups in total. The predicted molar refractivity (Wildman–Crippen MR) is 95.0 cm³/mol. The van der Waals surface area contributed by atoms with Crippen LogP contribution in [0.3, 0.4) is 0 Å². The van der Waals surface area contributed by atoms with Gasteiger partial charge in [0.1, 0.15) is 12.3 Å². The molecule has 0 bridgehead atoms. The van der Waals surface area contributed by atoms with E-state index in [1.54, 1.807) is 12.2 Å². The largest absolute Gasteiger partial charge is 0.480 e. The lowest BCUT2D eigenvalue weighted by atomic mass is 9.94. The Morgan fingerprint density at radius 1 is 1.39 bits per heavy atom. The van der Waals surface area contributed by atoms with Crippen molar-refractivity contribution in [1.82, 2.24) is 9.80 Å². The van der Waals surface area contributed by atoms with Gasteiger partial charge in [0.05, 0.1) is 11.4 Å². The number of ether oxygens (including phenoxy) is 2. The average Bonchev–Trinajstić information content (AvgIpc) is 2.62. The molecule has 1 unspecified atom stereocenters. The van der Waals surface area contributed by atoms with E-state index in [2.05, 4.69) is 0 Å². The fraction of sp³-hybridized carbons (Fsp3) is 0.368. The van der Waals surface area contributed by atoms with Gasteiger partial charge in [-0.3, -0.25) is 24.2 Å². The molecule has 0 aromatic rings. The number of fused-ring (bicyclic) bond motifs is 1. The molecule has 2 aliphatic carbocycles. The lowest BCUT2D eigenvalue weighted by Gasteiger charge is -2.38. The Kier molecular flexibility index (Phi) is 5.08. The van der Waals surface area contributed by atoms with Crippen molar-refractivity contribution < 1.29 is 33.8 Å². The van der Waals surface area contributed by atoms with Gasteiger partial charge in [-0.15, -0.1) is 0 Å². The third kappa shape index (κ3) is 3.42. The van der Waals surface area contributed by atoms with E-state index >= 15 is 0 Å². The van der Waals surface area contributed by atoms with Crippen LogP contribution in [0.2, 0.25) is 0 Å². The van der Waals surface area contributed by atoms with Gasteiger partial charge in [-0.2, -0.15) is 0 Å². The molecule has 0 spiro atoms. The second-order valence-electron chi connectivity index (χ2n) is 6.74. The van der Waals surface area contributed by atoms with Crippen molar-refractivity contribution >= 4 is 23.8 Å². The van der Waals surface area contributed by atoms with Gasteiger partial charge in [0.15, 0.2) is 5.76 Å². The molecule has 9 nitrogen and oxygen atoms in total. The van der Waals surface area contributed by atoms with Crippen molar-refractivity contribution in [2.24, 2.45) is 5.92 Å². The number of likely N-dealkylation sites (N-methyl/N-ethyl adjacent to an activating group) is 1. The van der Waals surface area contributed by atoms with Crippen molar-refractivity contribution in [1.29, 1.82) is 0 Å². The number of carbonyl (C=O) groups excluding carboxylic acids is 3. The molecule has 2 amide bonds. The van der Waals surface area contributed by atoms with Crippen molar-refractivity contribution in [3.05, 3.63) is 46.9 Å². The Labute approximate surface area is 161 Å². The minimum atomic E-state index is -1.22. The molecule has 0 radical (unpaired) electrons. The minimum absolute atomic E-state index is 0.00979. The number of amides is 2. The van der Waals surface area contributed by atoms with Crippen molar-refractivity contribution in [2.45, 2.75) is 26.7 Å². The van der Waals surface area contributed by atoms with Crippen LogP contribution < -0.4 is 0 Å². The molecule has 1 aliphatic heterocycles. The number of carboxylic acid groups (broad SMARTS) is 1. The number of ketones is 1. The summed E-state index contributed by atoms with van der Waals surface area (Å²) in [6.45, 7) is 2.73. The first kappa shape index (κ1) is 19.4. The van der Waals surface area contributed by atoms with Crippen molar-refractivity contribution in [3.8, 4) is 0 Å². The average molecular weight is 388 g/mol. The lowest BCUT2D eigenvalue weighted by Crippen LogP contribution is -2.38. The van der Waals surface area contributed by atoms with Gasteiger partial charge >= 0.3 is 12.1 Å². The smallest absolute Gasteiger partial charge is 0.415 e. The van der Waals surface area contributed by atoms with Crippen LogP contribution in [0.25, 0.3) is 0 Å². The second-order valence-corrected chi connectivity index (χ2v) is 6.74. The summed E-state index contributed by atoms with van der Waals surface area (Å²) in [6.07, 6.45) is 4.88. The molecular weight excluding hydrogens is 368 g/mol. The Balaban J connectivity index is 2.03. The molecule has 0 saturated heterocycles. The third-order valence-corrected chi connectivity index (χ3v) is 4.52. The monoisotopic (exact) mass is 388 g/mol. The number of hydrogen-bond acceptors (Lipinski definition) is 6. The lowest BCUT2D eigenvalue weighted by molar-refractivity contribution is -0.137. The summed E-state index contributed by atoms with van der Waals surface area (Å²) < 4.78 is 11.1. The van der Waals surface area contributed by atoms with Crippen LogP contribution in [0.15, 0.2) is 46.9 Å². The van der Waals surface area contributed by atoms with Gasteiger partial charge in [0.25, 0.3) is 0 Å². The number of hydrogen-bond donors (Lipinski definition) is 1. The van der Waals surface area contributed by atoms with Crippen LogP contribution in [0, 0.1) is 5.92 Å². The molecule has 1 atom stereocenters. The Hall–Kier alpha value is -3.36. The standard InChI is InChI=1S/C19H20N2O7/c1-10-5-4-6-12-16(10)27-17-13(21(12)11(2)22)7-8-14(23)18(17)28-19(26)20(3)9-15(24)25/h4,6-7,10H,5,8-9H2,1-3H3,(H,24,25). The first-order chi connectivity index (χ1) is 13.2. The molecule has 0 saturated carbocycles. The van der Waals surface area contributed by atoms with Gasteiger partial charge in [-0.1, -0.05) is 13.0 Å². The molecule has 28 heavy (non-hydrogen) atoms.